The van der Waals surface area contributed by atoms with Crippen molar-refractivity contribution in [1.82, 2.24) is 9.97 Å². The lowest BCUT2D eigenvalue weighted by molar-refractivity contribution is -0.137. The molecule has 0 aliphatic carbocycles. The molecule has 0 atom stereocenters. The van der Waals surface area contributed by atoms with Gasteiger partial charge in [0.05, 0.1) is 16.6 Å². The molecular formula is C11H9F3N2. The maximum absolute atomic E-state index is 12.4. The highest BCUT2D eigenvalue weighted by atomic mass is 19.4. The van der Waals surface area contributed by atoms with Crippen LogP contribution in [0.3, 0.4) is 0 Å². The quantitative estimate of drug-likeness (QED) is 0.782. The Labute approximate surface area is 89.8 Å². The number of aromatic nitrogens is 2. The molecule has 1 N–H and O–H groups in total. The van der Waals surface area contributed by atoms with Crippen LogP contribution in [0.2, 0.25) is 0 Å². The molecule has 0 saturated carbocycles. The predicted octanol–water partition coefficient (Wildman–Crippen LogP) is 3.31. The van der Waals surface area contributed by atoms with Crippen LogP contribution in [0.5, 0.6) is 0 Å². The number of rotatable bonds is 2. The lowest BCUT2D eigenvalue weighted by Crippen LogP contribution is -2.04. The van der Waals surface area contributed by atoms with Crippen LogP contribution in [-0.4, -0.2) is 9.97 Å². The van der Waals surface area contributed by atoms with Gasteiger partial charge in [0.2, 0.25) is 0 Å². The van der Waals surface area contributed by atoms with Gasteiger partial charge in [0.15, 0.2) is 0 Å². The lowest BCUT2D eigenvalue weighted by atomic mass is 10.2. The maximum Gasteiger partial charge on any atom is 0.416 e. The fraction of sp³-hybridized carbons (Fsp3) is 0.182. The number of nitrogens with one attached hydrogen (secondary N) is 1. The number of benzene rings is 1. The summed E-state index contributed by atoms with van der Waals surface area (Å²) in [5, 5.41) is 0. The van der Waals surface area contributed by atoms with Crippen LogP contribution in [0.4, 0.5) is 13.2 Å². The number of fused-ring (bicyclic) bond motifs is 1. The number of aromatic amines is 1. The number of allylic oxidation sites excluding steroid dienone is 1. The molecule has 1 aromatic carbocycles. The Morgan fingerprint density at radius 2 is 2.12 bits per heavy atom. The standard InChI is InChI=1S/C11H9F3N2/c1-2-3-10-15-8-5-4-7(11(12,13)14)6-9(8)16-10/h2,4-6H,1,3H2,(H,15,16). The third-order valence-electron chi connectivity index (χ3n) is 2.20. The second-order valence-corrected chi connectivity index (χ2v) is 3.41. The second-order valence-electron chi connectivity index (χ2n) is 3.41. The van der Waals surface area contributed by atoms with Crippen LogP contribution in [0.15, 0.2) is 30.9 Å². The average Bonchev–Trinajstić information content (AvgIpc) is 2.57. The van der Waals surface area contributed by atoms with Crippen molar-refractivity contribution in [1.29, 1.82) is 0 Å². The number of hydrogen-bond donors (Lipinski definition) is 1. The van der Waals surface area contributed by atoms with E-state index in [1.165, 1.54) is 6.07 Å². The summed E-state index contributed by atoms with van der Waals surface area (Å²) < 4.78 is 37.3. The molecule has 84 valence electrons. The predicted molar refractivity (Wildman–Crippen MR) is 55.0 cm³/mol. The molecule has 5 heteroatoms. The minimum absolute atomic E-state index is 0.395. The van der Waals surface area contributed by atoms with Crippen LogP contribution in [0.25, 0.3) is 11.0 Å². The lowest BCUT2D eigenvalue weighted by Gasteiger charge is -2.05. The second kappa shape index (κ2) is 3.66. The highest BCUT2D eigenvalue weighted by Gasteiger charge is 2.30. The first-order valence-corrected chi connectivity index (χ1v) is 4.67. The van der Waals surface area contributed by atoms with Crippen molar-refractivity contribution in [3.63, 3.8) is 0 Å². The molecule has 0 aliphatic heterocycles. The molecule has 0 saturated heterocycles. The van der Waals surface area contributed by atoms with Crippen molar-refractivity contribution in [3.05, 3.63) is 42.2 Å². The van der Waals surface area contributed by atoms with Crippen LogP contribution < -0.4 is 0 Å². The Hall–Kier alpha value is -1.78. The van der Waals surface area contributed by atoms with E-state index in [0.717, 1.165) is 12.1 Å². The van der Waals surface area contributed by atoms with Crippen molar-refractivity contribution in [2.75, 3.05) is 0 Å². The number of halogens is 3. The van der Waals surface area contributed by atoms with Crippen molar-refractivity contribution < 1.29 is 13.2 Å². The van der Waals surface area contributed by atoms with Gasteiger partial charge in [-0.25, -0.2) is 4.98 Å². The first-order chi connectivity index (χ1) is 7.50. The van der Waals surface area contributed by atoms with E-state index in [9.17, 15) is 13.2 Å². The fourth-order valence-corrected chi connectivity index (χ4v) is 1.47. The minimum Gasteiger partial charge on any atom is -0.342 e. The van der Waals surface area contributed by atoms with E-state index in [4.69, 9.17) is 0 Å². The van der Waals surface area contributed by atoms with E-state index >= 15 is 0 Å². The van der Waals surface area contributed by atoms with Crippen LogP contribution >= 0.6 is 0 Å². The fourth-order valence-electron chi connectivity index (χ4n) is 1.47. The van der Waals surface area contributed by atoms with E-state index in [1.54, 1.807) is 6.08 Å². The summed E-state index contributed by atoms with van der Waals surface area (Å²) in [6, 6.07) is 3.46. The molecule has 2 aromatic rings. The smallest absolute Gasteiger partial charge is 0.342 e. The zero-order valence-electron chi connectivity index (χ0n) is 8.30. The summed E-state index contributed by atoms with van der Waals surface area (Å²) in [4.78, 5) is 6.96. The first kappa shape index (κ1) is 10.7. The zero-order chi connectivity index (χ0) is 11.8. The van der Waals surface area contributed by atoms with E-state index in [1.807, 2.05) is 0 Å². The van der Waals surface area contributed by atoms with E-state index in [-0.39, 0.29) is 0 Å². The molecule has 2 nitrogen and oxygen atoms in total. The van der Waals surface area contributed by atoms with E-state index in [2.05, 4.69) is 16.5 Å². The van der Waals surface area contributed by atoms with E-state index < -0.39 is 11.7 Å². The average molecular weight is 226 g/mol. The number of alkyl halides is 3. The van der Waals surface area contributed by atoms with Gasteiger partial charge in [0, 0.05) is 6.42 Å². The summed E-state index contributed by atoms with van der Waals surface area (Å²) in [5.74, 6) is 0.615. The monoisotopic (exact) mass is 226 g/mol. The van der Waals surface area contributed by atoms with Gasteiger partial charge in [-0.1, -0.05) is 6.08 Å². The van der Waals surface area contributed by atoms with Crippen LogP contribution in [0, 0.1) is 0 Å². The summed E-state index contributed by atoms with van der Waals surface area (Å²) >= 11 is 0. The summed E-state index contributed by atoms with van der Waals surface area (Å²) in [6.45, 7) is 3.54. The van der Waals surface area contributed by atoms with Crippen molar-refractivity contribution in [3.8, 4) is 0 Å². The largest absolute Gasteiger partial charge is 0.416 e. The first-order valence-electron chi connectivity index (χ1n) is 4.67. The molecule has 1 aromatic heterocycles. The molecule has 16 heavy (non-hydrogen) atoms. The highest BCUT2D eigenvalue weighted by Crippen LogP contribution is 2.30. The normalized spacial score (nSPS) is 11.9. The van der Waals surface area contributed by atoms with Crippen molar-refractivity contribution in [2.24, 2.45) is 0 Å². The topological polar surface area (TPSA) is 28.7 Å². The maximum atomic E-state index is 12.4. The summed E-state index contributed by atoms with van der Waals surface area (Å²) in [7, 11) is 0. The Morgan fingerprint density at radius 1 is 1.38 bits per heavy atom. The Bertz CT molecular complexity index is 525. The van der Waals surface area contributed by atoms with Gasteiger partial charge in [-0.15, -0.1) is 6.58 Å². The van der Waals surface area contributed by atoms with Gasteiger partial charge >= 0.3 is 6.18 Å². The molecule has 2 rings (SSSR count). The van der Waals surface area contributed by atoms with Gasteiger partial charge in [0.25, 0.3) is 0 Å². The Balaban J connectivity index is 2.49. The van der Waals surface area contributed by atoms with Crippen LogP contribution in [0.1, 0.15) is 11.4 Å². The molecule has 1 heterocycles. The SMILES string of the molecule is C=CCc1nc2ccc(C(F)(F)F)cc2[nH]1. The molecule has 0 radical (unpaired) electrons. The molecule has 0 spiro atoms. The minimum atomic E-state index is -4.32. The van der Waals surface area contributed by atoms with Crippen LogP contribution in [-0.2, 0) is 12.6 Å². The Morgan fingerprint density at radius 3 is 2.75 bits per heavy atom. The van der Waals surface area contributed by atoms with Gasteiger partial charge in [0.1, 0.15) is 5.82 Å². The summed E-state index contributed by atoms with van der Waals surface area (Å²) in [6.07, 6.45) is -2.17. The third-order valence-corrected chi connectivity index (χ3v) is 2.20. The number of hydrogen-bond acceptors (Lipinski definition) is 1. The van der Waals surface area contributed by atoms with Gasteiger partial charge in [-0.3, -0.25) is 0 Å². The van der Waals surface area contributed by atoms with Gasteiger partial charge in [-0.05, 0) is 18.2 Å². The molecule has 0 bridgehead atoms. The molecule has 0 unspecified atom stereocenters. The highest BCUT2D eigenvalue weighted by molar-refractivity contribution is 5.76. The Kier molecular flexibility index (Phi) is 2.46. The van der Waals surface area contributed by atoms with E-state index in [0.29, 0.717) is 23.3 Å². The molecule has 0 fully saturated rings. The van der Waals surface area contributed by atoms with Crippen molar-refractivity contribution >= 4 is 11.0 Å². The zero-order valence-corrected chi connectivity index (χ0v) is 8.30. The number of imidazole rings is 1. The van der Waals surface area contributed by atoms with Gasteiger partial charge < -0.3 is 4.98 Å². The number of H-pyrrole nitrogens is 1. The van der Waals surface area contributed by atoms with Crippen molar-refractivity contribution in [2.45, 2.75) is 12.6 Å². The molecule has 0 amide bonds. The number of nitrogens with zero attached hydrogens (tertiary/aromatic N) is 1. The summed E-state index contributed by atoms with van der Waals surface area (Å²) in [5.41, 5.74) is 0.255. The van der Waals surface area contributed by atoms with Gasteiger partial charge in [-0.2, -0.15) is 13.2 Å². The molecular weight excluding hydrogens is 217 g/mol. The third kappa shape index (κ3) is 1.93. The molecule has 0 aliphatic rings.